The lowest BCUT2D eigenvalue weighted by Crippen LogP contribution is -2.10. The summed E-state index contributed by atoms with van der Waals surface area (Å²) in [4.78, 5) is 2.40. The average molecular weight is 840 g/mol. The van der Waals surface area contributed by atoms with Crippen molar-refractivity contribution in [2.75, 3.05) is 4.90 Å². The monoisotopic (exact) mass is 839 g/mol. The normalized spacial score (nSPS) is 11.6. The maximum Gasteiger partial charge on any atom is 0.143 e. The van der Waals surface area contributed by atoms with Gasteiger partial charge in [-0.1, -0.05) is 200 Å². The summed E-state index contributed by atoms with van der Waals surface area (Å²) in [5.41, 5.74) is 14.4. The van der Waals surface area contributed by atoms with Crippen LogP contribution in [0.15, 0.2) is 253 Å². The number of fused-ring (bicyclic) bond motifs is 9. The lowest BCUT2D eigenvalue weighted by atomic mass is 9.85. The molecule has 1 heterocycles. The van der Waals surface area contributed by atoms with Crippen molar-refractivity contribution in [3.05, 3.63) is 249 Å². The Labute approximate surface area is 382 Å². The third kappa shape index (κ3) is 6.18. The van der Waals surface area contributed by atoms with Crippen molar-refractivity contribution >= 4 is 82.1 Å². The first kappa shape index (κ1) is 37.8. The molecule has 13 rings (SSSR count). The molecule has 0 aliphatic rings. The second-order valence-corrected chi connectivity index (χ2v) is 17.2. The molecule has 0 aliphatic carbocycles. The predicted octanol–water partition coefficient (Wildman–Crippen LogP) is 18.3. The quantitative estimate of drug-likeness (QED) is 0.149. The summed E-state index contributed by atoms with van der Waals surface area (Å²) in [5.74, 6) is 0. The number of para-hydroxylation sites is 2. The molecule has 0 bridgehead atoms. The molecule has 0 spiro atoms. The van der Waals surface area contributed by atoms with Gasteiger partial charge in [0.15, 0.2) is 0 Å². The Hall–Kier alpha value is -8.72. The first-order valence-corrected chi connectivity index (χ1v) is 22.7. The first-order chi connectivity index (χ1) is 32.7. The number of rotatable bonds is 7. The van der Waals surface area contributed by atoms with Crippen LogP contribution in [-0.4, -0.2) is 0 Å². The van der Waals surface area contributed by atoms with E-state index in [1.165, 1.54) is 76.5 Å². The van der Waals surface area contributed by atoms with Gasteiger partial charge >= 0.3 is 0 Å². The van der Waals surface area contributed by atoms with E-state index in [0.717, 1.165) is 50.1 Å². The minimum Gasteiger partial charge on any atom is -0.455 e. The number of hydrogen-bond donors (Lipinski definition) is 0. The van der Waals surface area contributed by atoms with Crippen molar-refractivity contribution in [1.29, 1.82) is 0 Å². The summed E-state index contributed by atoms with van der Waals surface area (Å²) in [7, 11) is 0. The van der Waals surface area contributed by atoms with E-state index in [1.54, 1.807) is 0 Å². The van der Waals surface area contributed by atoms with Gasteiger partial charge in [0.25, 0.3) is 0 Å². The Balaban J connectivity index is 1.02. The maximum absolute atomic E-state index is 6.50. The molecule has 0 N–H and O–H groups in total. The largest absolute Gasteiger partial charge is 0.455 e. The summed E-state index contributed by atoms with van der Waals surface area (Å²) < 4.78 is 6.50. The summed E-state index contributed by atoms with van der Waals surface area (Å²) in [6.07, 6.45) is 0. The van der Waals surface area contributed by atoms with Gasteiger partial charge in [-0.25, -0.2) is 0 Å². The van der Waals surface area contributed by atoms with Gasteiger partial charge in [-0.3, -0.25) is 0 Å². The van der Waals surface area contributed by atoms with Gasteiger partial charge in [0.2, 0.25) is 0 Å². The summed E-state index contributed by atoms with van der Waals surface area (Å²) >= 11 is 0. The third-order valence-corrected chi connectivity index (χ3v) is 13.4. The van der Waals surface area contributed by atoms with E-state index >= 15 is 0 Å². The van der Waals surface area contributed by atoms with Crippen LogP contribution in [0.3, 0.4) is 0 Å². The van der Waals surface area contributed by atoms with Gasteiger partial charge in [-0.2, -0.15) is 0 Å². The number of furan rings is 1. The highest BCUT2D eigenvalue weighted by Crippen LogP contribution is 2.47. The predicted molar refractivity (Wildman–Crippen MR) is 280 cm³/mol. The van der Waals surface area contributed by atoms with Crippen LogP contribution in [0.5, 0.6) is 0 Å². The summed E-state index contributed by atoms with van der Waals surface area (Å²) in [6.45, 7) is 0. The zero-order chi connectivity index (χ0) is 43.6. The molecule has 13 aromatic rings. The smallest absolute Gasteiger partial charge is 0.143 e. The fraction of sp³-hybridized carbons (Fsp3) is 0. The van der Waals surface area contributed by atoms with Crippen molar-refractivity contribution in [2.45, 2.75) is 0 Å². The molecular formula is C64H41NO. The van der Waals surface area contributed by atoms with Crippen molar-refractivity contribution in [3.63, 3.8) is 0 Å². The van der Waals surface area contributed by atoms with E-state index in [2.05, 4.69) is 241 Å². The maximum atomic E-state index is 6.50. The molecule has 0 saturated carbocycles. The lowest BCUT2D eigenvalue weighted by molar-refractivity contribution is 0.670. The van der Waals surface area contributed by atoms with Crippen LogP contribution < -0.4 is 4.90 Å². The van der Waals surface area contributed by atoms with Crippen molar-refractivity contribution < 1.29 is 4.42 Å². The number of anilines is 3. The Kier molecular flexibility index (Phi) is 8.89. The van der Waals surface area contributed by atoms with Gasteiger partial charge < -0.3 is 9.32 Å². The Morgan fingerprint density at radius 1 is 0.258 bits per heavy atom. The molecule has 66 heavy (non-hydrogen) atoms. The van der Waals surface area contributed by atoms with Crippen LogP contribution in [0.25, 0.3) is 110 Å². The minimum atomic E-state index is 0.900. The Morgan fingerprint density at radius 2 is 0.742 bits per heavy atom. The molecule has 2 nitrogen and oxygen atoms in total. The molecule has 12 aromatic carbocycles. The molecule has 0 aliphatic heterocycles. The molecule has 2 heteroatoms. The zero-order valence-electron chi connectivity index (χ0n) is 36.0. The van der Waals surface area contributed by atoms with E-state index < -0.39 is 0 Å². The fourth-order valence-electron chi connectivity index (χ4n) is 10.4. The van der Waals surface area contributed by atoms with E-state index in [-0.39, 0.29) is 0 Å². The second-order valence-electron chi connectivity index (χ2n) is 17.2. The fourth-order valence-corrected chi connectivity index (χ4v) is 10.4. The SMILES string of the molecule is c1ccc(-c2c(-c3ccccc3)c3cc(N(c4ccc(-c5cc6ccccc6c6ccccc56)cc4)c4ccc(-c5cccc6c5oc5ccccc56)cc4)ccc3c3ccccc23)cc1. The van der Waals surface area contributed by atoms with Crippen LogP contribution in [0.4, 0.5) is 17.1 Å². The van der Waals surface area contributed by atoms with Gasteiger partial charge in [0, 0.05) is 33.4 Å². The molecule has 0 amide bonds. The minimum absolute atomic E-state index is 0.900. The number of benzene rings is 12. The van der Waals surface area contributed by atoms with Crippen LogP contribution in [0, 0.1) is 0 Å². The van der Waals surface area contributed by atoms with Crippen LogP contribution in [0.2, 0.25) is 0 Å². The molecule has 0 fully saturated rings. The number of hydrogen-bond acceptors (Lipinski definition) is 2. The lowest BCUT2D eigenvalue weighted by Gasteiger charge is -2.27. The summed E-state index contributed by atoms with van der Waals surface area (Å²) in [6, 6.07) is 90.3. The van der Waals surface area contributed by atoms with Crippen LogP contribution in [0.1, 0.15) is 0 Å². The number of nitrogens with zero attached hydrogens (tertiary/aromatic N) is 1. The Bertz CT molecular complexity index is 3960. The Morgan fingerprint density at radius 3 is 1.42 bits per heavy atom. The standard InChI is InChI=1S/C64H41NO/c1-3-16-44(17-4-1)62-57-26-12-11-23-53(57)55-39-38-49(41-60(55)63(62)45-18-5-2-6-19-45)65(47-34-30-42(31-35-47)51-27-15-28-58-56-25-13-14-29-61(56)66-64(51)58)48-36-32-43(33-37-48)59-40-46-20-7-8-21-50(46)52-22-9-10-24-54(52)59/h1-41H. The highest BCUT2D eigenvalue weighted by atomic mass is 16.3. The average Bonchev–Trinajstić information content (AvgIpc) is 3.78. The molecule has 1 aromatic heterocycles. The van der Waals surface area contributed by atoms with E-state index in [1.807, 2.05) is 12.1 Å². The molecule has 0 atom stereocenters. The van der Waals surface area contributed by atoms with Crippen molar-refractivity contribution in [3.8, 4) is 44.5 Å². The molecule has 308 valence electrons. The molecule has 0 saturated heterocycles. The van der Waals surface area contributed by atoms with Crippen LogP contribution >= 0.6 is 0 Å². The zero-order valence-corrected chi connectivity index (χ0v) is 36.0. The van der Waals surface area contributed by atoms with E-state index in [4.69, 9.17) is 4.42 Å². The first-order valence-electron chi connectivity index (χ1n) is 22.7. The highest BCUT2D eigenvalue weighted by molar-refractivity contribution is 6.22. The van der Waals surface area contributed by atoms with Gasteiger partial charge in [-0.05, 0) is 131 Å². The third-order valence-electron chi connectivity index (χ3n) is 13.4. The van der Waals surface area contributed by atoms with Gasteiger partial charge in [-0.15, -0.1) is 0 Å². The van der Waals surface area contributed by atoms with Crippen LogP contribution in [-0.2, 0) is 0 Å². The summed E-state index contributed by atoms with van der Waals surface area (Å²) in [5, 5.41) is 12.2. The van der Waals surface area contributed by atoms with Crippen molar-refractivity contribution in [2.24, 2.45) is 0 Å². The van der Waals surface area contributed by atoms with E-state index in [0.29, 0.717) is 0 Å². The van der Waals surface area contributed by atoms with Crippen molar-refractivity contribution in [1.82, 2.24) is 0 Å². The molecular weight excluding hydrogens is 799 g/mol. The van der Waals surface area contributed by atoms with E-state index in [9.17, 15) is 0 Å². The highest BCUT2D eigenvalue weighted by Gasteiger charge is 2.21. The molecule has 0 unspecified atom stereocenters. The van der Waals surface area contributed by atoms with Gasteiger partial charge in [0.05, 0.1) is 0 Å². The van der Waals surface area contributed by atoms with Gasteiger partial charge in [0.1, 0.15) is 11.2 Å². The molecule has 0 radical (unpaired) electrons. The topological polar surface area (TPSA) is 16.4 Å². The second kappa shape index (κ2) is 15.5.